The second-order valence-electron chi connectivity index (χ2n) is 7.59. The van der Waals surface area contributed by atoms with Gasteiger partial charge in [0, 0.05) is 29.4 Å². The molecule has 1 amide bonds. The number of rotatable bonds is 4. The zero-order valence-electron chi connectivity index (χ0n) is 16.1. The van der Waals surface area contributed by atoms with Crippen LogP contribution in [-0.2, 0) is 9.53 Å². The smallest absolute Gasteiger partial charge is 0.329 e. The summed E-state index contributed by atoms with van der Waals surface area (Å²) >= 11 is 0. The Hall–Kier alpha value is -2.83. The first-order chi connectivity index (χ1) is 12.8. The van der Waals surface area contributed by atoms with Crippen molar-refractivity contribution in [2.24, 2.45) is 0 Å². The van der Waals surface area contributed by atoms with Gasteiger partial charge in [-0.1, -0.05) is 0 Å². The van der Waals surface area contributed by atoms with Crippen LogP contribution in [0.25, 0.3) is 11.1 Å². The number of hydrogen-bond donors (Lipinski definition) is 1. The normalized spacial score (nSPS) is 17.0. The fourth-order valence-electron chi connectivity index (χ4n) is 3.25. The van der Waals surface area contributed by atoms with E-state index in [4.69, 9.17) is 9.47 Å². The fourth-order valence-corrected chi connectivity index (χ4v) is 3.25. The Balaban J connectivity index is 1.83. The van der Waals surface area contributed by atoms with Crippen LogP contribution in [0.15, 0.2) is 30.6 Å². The lowest BCUT2D eigenvalue weighted by Crippen LogP contribution is -2.43. The molecule has 1 fully saturated rings. The van der Waals surface area contributed by atoms with E-state index in [1.165, 1.54) is 0 Å². The molecule has 1 unspecified atom stereocenters. The first-order valence-electron chi connectivity index (χ1n) is 9.01. The molecule has 1 N–H and O–H groups in total. The van der Waals surface area contributed by atoms with E-state index in [0.29, 0.717) is 24.3 Å². The number of aromatic amines is 1. The molecule has 1 aliphatic rings. The number of likely N-dealkylation sites (tertiary alicyclic amines) is 1. The zero-order chi connectivity index (χ0) is 19.6. The lowest BCUT2D eigenvalue weighted by Gasteiger charge is -2.27. The molecule has 0 aliphatic carbocycles. The average Bonchev–Trinajstić information content (AvgIpc) is 3.30. The van der Waals surface area contributed by atoms with E-state index >= 15 is 0 Å². The minimum atomic E-state index is -0.580. The zero-order valence-corrected chi connectivity index (χ0v) is 16.1. The number of H-pyrrole nitrogens is 1. The molecule has 2 heterocycles. The molecule has 7 nitrogen and oxygen atoms in total. The first kappa shape index (κ1) is 18.9. The van der Waals surface area contributed by atoms with Gasteiger partial charge in [0.15, 0.2) is 0 Å². The highest BCUT2D eigenvalue weighted by Gasteiger charge is 2.37. The molecule has 3 rings (SSSR count). The number of benzene rings is 1. The van der Waals surface area contributed by atoms with Gasteiger partial charge in [0.2, 0.25) is 0 Å². The maximum absolute atomic E-state index is 13.0. The van der Waals surface area contributed by atoms with Crippen molar-refractivity contribution < 1.29 is 19.1 Å². The predicted molar refractivity (Wildman–Crippen MR) is 100 cm³/mol. The van der Waals surface area contributed by atoms with Crippen molar-refractivity contribution in [3.05, 3.63) is 36.2 Å². The molecule has 1 aromatic heterocycles. The van der Waals surface area contributed by atoms with Gasteiger partial charge in [0.1, 0.15) is 17.4 Å². The van der Waals surface area contributed by atoms with E-state index in [9.17, 15) is 9.59 Å². The van der Waals surface area contributed by atoms with Crippen molar-refractivity contribution in [2.75, 3.05) is 13.7 Å². The number of ether oxygens (including phenoxy) is 2. The standard InChI is InChI=1S/C20H25N3O4/c1-20(2,3)27-19(25)16-6-5-9-23(16)18(24)13-7-8-15(17(10-13)26-4)14-11-21-22-12-14/h7-8,10-12,16H,5-6,9H2,1-4H3,(H,21,22). The third-order valence-electron chi connectivity index (χ3n) is 4.45. The minimum Gasteiger partial charge on any atom is -0.496 e. The van der Waals surface area contributed by atoms with E-state index in [0.717, 1.165) is 17.5 Å². The van der Waals surface area contributed by atoms with Gasteiger partial charge in [0.05, 0.1) is 13.3 Å². The number of aromatic nitrogens is 2. The van der Waals surface area contributed by atoms with Crippen molar-refractivity contribution in [3.8, 4) is 16.9 Å². The number of amides is 1. The van der Waals surface area contributed by atoms with Crippen LogP contribution in [-0.4, -0.2) is 52.3 Å². The highest BCUT2D eigenvalue weighted by molar-refractivity contribution is 5.98. The molecule has 1 aromatic carbocycles. The molecule has 1 saturated heterocycles. The number of hydrogen-bond acceptors (Lipinski definition) is 5. The van der Waals surface area contributed by atoms with E-state index in [-0.39, 0.29) is 11.9 Å². The maximum Gasteiger partial charge on any atom is 0.329 e. The molecule has 0 spiro atoms. The van der Waals surface area contributed by atoms with Crippen molar-refractivity contribution >= 4 is 11.9 Å². The Morgan fingerprint density at radius 2 is 2.07 bits per heavy atom. The van der Waals surface area contributed by atoms with Crippen LogP contribution in [0.1, 0.15) is 44.0 Å². The molecular formula is C20H25N3O4. The first-order valence-corrected chi connectivity index (χ1v) is 9.01. The molecule has 1 aliphatic heterocycles. The Labute approximate surface area is 158 Å². The number of nitrogens with one attached hydrogen (secondary N) is 1. The Morgan fingerprint density at radius 1 is 1.30 bits per heavy atom. The van der Waals surface area contributed by atoms with Gasteiger partial charge in [-0.05, 0) is 51.8 Å². The summed E-state index contributed by atoms with van der Waals surface area (Å²) < 4.78 is 10.9. The number of carbonyl (C=O) groups excluding carboxylic acids is 2. The van der Waals surface area contributed by atoms with Gasteiger partial charge in [-0.15, -0.1) is 0 Å². The molecule has 1 atom stereocenters. The number of nitrogens with zero attached hydrogens (tertiary/aromatic N) is 2. The highest BCUT2D eigenvalue weighted by atomic mass is 16.6. The third-order valence-corrected chi connectivity index (χ3v) is 4.45. The number of esters is 1. The van der Waals surface area contributed by atoms with Gasteiger partial charge >= 0.3 is 5.97 Å². The van der Waals surface area contributed by atoms with Crippen LogP contribution in [0.3, 0.4) is 0 Å². The van der Waals surface area contributed by atoms with Crippen molar-refractivity contribution in [1.29, 1.82) is 0 Å². The van der Waals surface area contributed by atoms with Gasteiger partial charge in [-0.25, -0.2) is 4.79 Å². The molecule has 0 radical (unpaired) electrons. The van der Waals surface area contributed by atoms with Gasteiger partial charge in [-0.2, -0.15) is 5.10 Å². The van der Waals surface area contributed by atoms with Gasteiger partial charge < -0.3 is 14.4 Å². The SMILES string of the molecule is COc1cc(C(=O)N2CCCC2C(=O)OC(C)(C)C)ccc1-c1cn[nH]c1. The second-order valence-corrected chi connectivity index (χ2v) is 7.59. The lowest BCUT2D eigenvalue weighted by atomic mass is 10.0. The monoisotopic (exact) mass is 371 g/mol. The molecule has 0 bridgehead atoms. The quantitative estimate of drug-likeness (QED) is 0.835. The summed E-state index contributed by atoms with van der Waals surface area (Å²) in [6.07, 6.45) is 4.85. The summed E-state index contributed by atoms with van der Waals surface area (Å²) in [5.41, 5.74) is 1.62. The van der Waals surface area contributed by atoms with E-state index < -0.39 is 11.6 Å². The fraction of sp³-hybridized carbons (Fsp3) is 0.450. The Bertz CT molecular complexity index is 824. The van der Waals surface area contributed by atoms with Crippen LogP contribution in [0, 0.1) is 0 Å². The van der Waals surface area contributed by atoms with E-state index in [1.807, 2.05) is 26.8 Å². The summed E-state index contributed by atoms with van der Waals surface area (Å²) in [4.78, 5) is 27.1. The van der Waals surface area contributed by atoms with Crippen molar-refractivity contribution in [3.63, 3.8) is 0 Å². The Morgan fingerprint density at radius 3 is 2.70 bits per heavy atom. The summed E-state index contributed by atoms with van der Waals surface area (Å²) in [6, 6.07) is 4.73. The number of methoxy groups -OCH3 is 1. The van der Waals surface area contributed by atoms with Crippen LogP contribution in [0.5, 0.6) is 5.75 Å². The molecule has 27 heavy (non-hydrogen) atoms. The van der Waals surface area contributed by atoms with Crippen LogP contribution >= 0.6 is 0 Å². The van der Waals surface area contributed by atoms with E-state index in [2.05, 4.69) is 10.2 Å². The molecule has 2 aromatic rings. The largest absolute Gasteiger partial charge is 0.496 e. The van der Waals surface area contributed by atoms with Crippen LogP contribution in [0.4, 0.5) is 0 Å². The molecule has 0 saturated carbocycles. The van der Waals surface area contributed by atoms with E-state index in [1.54, 1.807) is 36.5 Å². The minimum absolute atomic E-state index is 0.194. The summed E-state index contributed by atoms with van der Waals surface area (Å²) in [6.45, 7) is 6.01. The van der Waals surface area contributed by atoms with Gasteiger partial charge in [0.25, 0.3) is 5.91 Å². The predicted octanol–water partition coefficient (Wildman–Crippen LogP) is 3.03. The summed E-state index contributed by atoms with van der Waals surface area (Å²) in [7, 11) is 1.56. The molecule has 7 heteroatoms. The number of carbonyl (C=O) groups is 2. The lowest BCUT2D eigenvalue weighted by molar-refractivity contribution is -0.159. The highest BCUT2D eigenvalue weighted by Crippen LogP contribution is 2.31. The van der Waals surface area contributed by atoms with Crippen molar-refractivity contribution in [2.45, 2.75) is 45.3 Å². The average molecular weight is 371 g/mol. The van der Waals surface area contributed by atoms with Gasteiger partial charge in [-0.3, -0.25) is 9.89 Å². The molecular weight excluding hydrogens is 346 g/mol. The Kier molecular flexibility index (Phi) is 5.21. The second kappa shape index (κ2) is 7.42. The van der Waals surface area contributed by atoms with Crippen molar-refractivity contribution in [1.82, 2.24) is 15.1 Å². The van der Waals surface area contributed by atoms with Crippen LogP contribution < -0.4 is 4.74 Å². The topological polar surface area (TPSA) is 84.5 Å². The third kappa shape index (κ3) is 4.13. The maximum atomic E-state index is 13.0. The summed E-state index contributed by atoms with van der Waals surface area (Å²) in [5, 5.41) is 6.71. The molecule has 144 valence electrons. The van der Waals surface area contributed by atoms with Crippen LogP contribution in [0.2, 0.25) is 0 Å². The summed E-state index contributed by atoms with van der Waals surface area (Å²) in [5.74, 6) is 0.0333.